The molecule has 14 heteroatoms. The number of nitrogens with zero attached hydrogens (tertiary/aromatic N) is 5. The maximum Gasteiger partial charge on any atom is 0.419 e. The lowest BCUT2D eigenvalue weighted by atomic mass is 9.71. The number of piperidine rings is 3. The zero-order valence-electron chi connectivity index (χ0n) is 27.1. The molecule has 0 bridgehead atoms. The lowest BCUT2D eigenvalue weighted by Gasteiger charge is -2.45. The second-order valence-corrected chi connectivity index (χ2v) is 14.8. The maximum absolute atomic E-state index is 15.2. The van der Waals surface area contributed by atoms with E-state index in [0.29, 0.717) is 17.5 Å². The van der Waals surface area contributed by atoms with Gasteiger partial charge in [-0.1, -0.05) is 0 Å². The third-order valence-corrected chi connectivity index (χ3v) is 10.4. The highest BCUT2D eigenvalue weighted by Crippen LogP contribution is 2.40. The first kappa shape index (κ1) is 35.5. The van der Waals surface area contributed by atoms with Crippen LogP contribution in [0.15, 0.2) is 40.5 Å². The van der Waals surface area contributed by atoms with Crippen molar-refractivity contribution in [2.75, 3.05) is 57.7 Å². The van der Waals surface area contributed by atoms with Crippen molar-refractivity contribution >= 4 is 35.4 Å². The van der Waals surface area contributed by atoms with Crippen LogP contribution in [-0.4, -0.2) is 88.5 Å². The number of likely N-dealkylation sites (tertiary alicyclic amines) is 1. The number of hydrogen-bond donors (Lipinski definition) is 4. The number of nitrogens with two attached hydrogens (primary N) is 1. The van der Waals surface area contributed by atoms with Crippen LogP contribution >= 0.6 is 11.9 Å². The number of halogens is 4. The third-order valence-electron chi connectivity index (χ3n) is 9.35. The summed E-state index contributed by atoms with van der Waals surface area (Å²) < 4.78 is 58.8. The van der Waals surface area contributed by atoms with Gasteiger partial charge in [0.25, 0.3) is 0 Å². The topological polar surface area (TPSA) is 115 Å². The van der Waals surface area contributed by atoms with Gasteiger partial charge >= 0.3 is 6.18 Å². The van der Waals surface area contributed by atoms with Gasteiger partial charge in [0, 0.05) is 48.7 Å². The van der Waals surface area contributed by atoms with Crippen molar-refractivity contribution in [1.82, 2.24) is 24.5 Å². The molecule has 4 heterocycles. The number of allylic oxidation sites excluding steroid dienone is 1. The molecule has 3 fully saturated rings. The van der Waals surface area contributed by atoms with Crippen molar-refractivity contribution in [3.63, 3.8) is 0 Å². The Kier molecular flexibility index (Phi) is 11.5. The fourth-order valence-corrected chi connectivity index (χ4v) is 7.54. The van der Waals surface area contributed by atoms with Gasteiger partial charge in [0.1, 0.15) is 11.4 Å². The normalized spacial score (nSPS) is 20.7. The molecule has 5 rings (SSSR count). The quantitative estimate of drug-likeness (QED) is 0.143. The molecule has 1 aromatic heterocycles. The molecule has 3 aliphatic rings. The first-order chi connectivity index (χ1) is 22.3. The number of rotatable bonds is 10. The number of hydrogen-bond acceptors (Lipinski definition) is 10. The molecule has 3 aliphatic heterocycles. The minimum absolute atomic E-state index is 0.0283. The summed E-state index contributed by atoms with van der Waals surface area (Å²) in [6.45, 7) is 10.7. The van der Waals surface area contributed by atoms with E-state index in [4.69, 9.17) is 5.73 Å². The Hall–Kier alpha value is -2.78. The van der Waals surface area contributed by atoms with Crippen molar-refractivity contribution in [3.8, 4) is 0 Å². The van der Waals surface area contributed by atoms with Crippen molar-refractivity contribution in [3.05, 3.63) is 47.7 Å². The summed E-state index contributed by atoms with van der Waals surface area (Å²) in [5.41, 5.74) is 3.30. The molecule has 47 heavy (non-hydrogen) atoms. The Morgan fingerprint density at radius 1 is 1.15 bits per heavy atom. The first-order valence-corrected chi connectivity index (χ1v) is 17.1. The molecular formula is C33H46F4N8OS. The van der Waals surface area contributed by atoms with Crippen LogP contribution in [0.4, 0.5) is 29.2 Å². The largest absolute Gasteiger partial charge is 0.419 e. The molecule has 0 unspecified atom stereocenters. The van der Waals surface area contributed by atoms with Crippen molar-refractivity contribution in [2.45, 2.75) is 69.0 Å². The summed E-state index contributed by atoms with van der Waals surface area (Å²) >= 11 is 1.52. The van der Waals surface area contributed by atoms with Crippen LogP contribution in [0.2, 0.25) is 0 Å². The molecule has 0 aliphatic carbocycles. The average molecular weight is 679 g/mol. The molecule has 3 saturated heterocycles. The van der Waals surface area contributed by atoms with E-state index in [1.54, 1.807) is 6.07 Å². The van der Waals surface area contributed by atoms with Gasteiger partial charge in [-0.2, -0.15) is 13.2 Å². The number of benzene rings is 1. The Bertz CT molecular complexity index is 1410. The zero-order valence-corrected chi connectivity index (χ0v) is 27.9. The number of anilines is 2. The number of aromatic nitrogens is 2. The van der Waals surface area contributed by atoms with Gasteiger partial charge in [0.2, 0.25) is 5.95 Å². The number of nitrogens with one attached hydrogen (secondary N) is 2. The van der Waals surface area contributed by atoms with E-state index in [1.807, 2.05) is 0 Å². The van der Waals surface area contributed by atoms with E-state index in [9.17, 15) is 18.3 Å². The van der Waals surface area contributed by atoms with Crippen LogP contribution in [0.3, 0.4) is 0 Å². The molecule has 2 aromatic rings. The third kappa shape index (κ3) is 9.88. The summed E-state index contributed by atoms with van der Waals surface area (Å²) in [7, 11) is 0. The summed E-state index contributed by atoms with van der Waals surface area (Å²) in [5.74, 6) is -0.134. The van der Waals surface area contributed by atoms with E-state index in [2.05, 4.69) is 34.8 Å². The van der Waals surface area contributed by atoms with Crippen LogP contribution in [0.25, 0.3) is 5.57 Å². The molecule has 9 nitrogen and oxygen atoms in total. The van der Waals surface area contributed by atoms with Crippen LogP contribution in [0.5, 0.6) is 0 Å². The first-order valence-electron chi connectivity index (χ1n) is 16.3. The van der Waals surface area contributed by atoms with E-state index < -0.39 is 28.9 Å². The molecule has 0 amide bonds. The van der Waals surface area contributed by atoms with Crippen LogP contribution in [0, 0.1) is 17.2 Å². The van der Waals surface area contributed by atoms with Crippen molar-refractivity contribution < 1.29 is 22.7 Å². The van der Waals surface area contributed by atoms with E-state index in [0.717, 1.165) is 62.9 Å². The van der Waals surface area contributed by atoms with E-state index >= 15 is 4.39 Å². The van der Waals surface area contributed by atoms with Gasteiger partial charge < -0.3 is 26.4 Å². The SMILES string of the molecule is CC(C)(O)CN=C/C(=C\N)c1nc(Nc2ccc(SN3CCC(CN4CCC5(CCNCC5)CC4)CC3)cc2F)ncc1C(F)(F)F. The predicted octanol–water partition coefficient (Wildman–Crippen LogP) is 5.70. The van der Waals surface area contributed by atoms with Crippen LogP contribution < -0.4 is 16.4 Å². The minimum Gasteiger partial charge on any atom is -0.404 e. The van der Waals surface area contributed by atoms with Crippen molar-refractivity contribution in [1.29, 1.82) is 0 Å². The molecule has 0 atom stereocenters. The average Bonchev–Trinajstić information content (AvgIpc) is 3.02. The van der Waals surface area contributed by atoms with E-state index in [1.165, 1.54) is 76.7 Å². The summed E-state index contributed by atoms with van der Waals surface area (Å²) in [6.07, 6.45) is 5.39. The van der Waals surface area contributed by atoms with Gasteiger partial charge in [0.15, 0.2) is 0 Å². The molecule has 0 radical (unpaired) electrons. The fraction of sp³-hybridized carbons (Fsp3) is 0.606. The summed E-state index contributed by atoms with van der Waals surface area (Å²) in [4.78, 5) is 15.2. The second kappa shape index (κ2) is 15.2. The summed E-state index contributed by atoms with van der Waals surface area (Å²) in [5, 5.41) is 16.1. The second-order valence-electron chi connectivity index (χ2n) is 13.6. The lowest BCUT2D eigenvalue weighted by Crippen LogP contribution is -2.47. The highest BCUT2D eigenvalue weighted by Gasteiger charge is 2.37. The zero-order chi connectivity index (χ0) is 33.7. The molecule has 5 N–H and O–H groups in total. The number of aliphatic hydroxyl groups is 1. The maximum atomic E-state index is 15.2. The standard InChI is InChI=1S/C33H46F4N8OS/c1-31(2,46)22-40-19-24(18-38)29-26(33(35,36)37)20-41-30(43-29)42-28-4-3-25(17-27(28)34)47-45-13-5-23(6-14-45)21-44-15-9-32(10-16-44)7-11-39-12-8-32/h3-4,17-20,23,39,46H,5-16,21-22,38H2,1-2H3,(H,41,42,43)/b24-18+,40-19?. The highest BCUT2D eigenvalue weighted by molar-refractivity contribution is 7.97. The van der Waals surface area contributed by atoms with Crippen LogP contribution in [0.1, 0.15) is 63.6 Å². The lowest BCUT2D eigenvalue weighted by molar-refractivity contribution is -0.138. The molecule has 1 spiro atoms. The van der Waals surface area contributed by atoms with Gasteiger partial charge in [-0.15, -0.1) is 0 Å². The Balaban J connectivity index is 1.15. The smallest absolute Gasteiger partial charge is 0.404 e. The number of alkyl halides is 3. The Morgan fingerprint density at radius 2 is 1.85 bits per heavy atom. The minimum atomic E-state index is -4.77. The van der Waals surface area contributed by atoms with Gasteiger partial charge in [-0.25, -0.2) is 18.7 Å². The number of aliphatic imine (C=N–C) groups is 1. The Morgan fingerprint density at radius 3 is 2.47 bits per heavy atom. The fourth-order valence-electron chi connectivity index (χ4n) is 6.56. The van der Waals surface area contributed by atoms with Crippen LogP contribution in [-0.2, 0) is 6.18 Å². The molecule has 0 saturated carbocycles. The van der Waals surface area contributed by atoms with Gasteiger partial charge in [0.05, 0.1) is 23.5 Å². The predicted molar refractivity (Wildman–Crippen MR) is 179 cm³/mol. The summed E-state index contributed by atoms with van der Waals surface area (Å²) in [6, 6.07) is 4.70. The molecular weight excluding hydrogens is 632 g/mol. The molecule has 258 valence electrons. The van der Waals surface area contributed by atoms with Gasteiger partial charge in [-0.05, 0) is 120 Å². The monoisotopic (exact) mass is 678 g/mol. The van der Waals surface area contributed by atoms with E-state index in [-0.39, 0.29) is 23.8 Å². The highest BCUT2D eigenvalue weighted by atomic mass is 32.2. The van der Waals surface area contributed by atoms with Crippen molar-refractivity contribution in [2.24, 2.45) is 22.1 Å². The molecule has 1 aromatic carbocycles. The Labute approximate surface area is 278 Å². The van der Waals surface area contributed by atoms with Gasteiger partial charge in [-0.3, -0.25) is 4.99 Å².